The fourth-order valence-corrected chi connectivity index (χ4v) is 1.80. The van der Waals surface area contributed by atoms with Gasteiger partial charge in [0.2, 0.25) is 5.88 Å². The van der Waals surface area contributed by atoms with E-state index < -0.39 is 34.9 Å². The van der Waals surface area contributed by atoms with E-state index in [1.165, 1.54) is 0 Å². The zero-order valence-corrected chi connectivity index (χ0v) is 9.67. The van der Waals surface area contributed by atoms with Crippen molar-refractivity contribution in [2.75, 3.05) is 0 Å². The van der Waals surface area contributed by atoms with Crippen LogP contribution in [-0.4, -0.2) is 37.8 Å². The number of carbonyl (C=O) groups is 2. The summed E-state index contributed by atoms with van der Waals surface area (Å²) in [6.07, 6.45) is -1.05. The van der Waals surface area contributed by atoms with Crippen LogP contribution in [0.25, 0.3) is 0 Å². The highest BCUT2D eigenvalue weighted by atomic mass is 16.5. The van der Waals surface area contributed by atoms with Crippen LogP contribution in [0.3, 0.4) is 0 Å². The van der Waals surface area contributed by atoms with Crippen LogP contribution in [0.4, 0.5) is 0 Å². The number of aromatic carboxylic acids is 2. The third kappa shape index (κ3) is 1.68. The van der Waals surface area contributed by atoms with Crippen molar-refractivity contribution in [3.05, 3.63) is 22.9 Å². The molecule has 7 nitrogen and oxygen atoms in total. The van der Waals surface area contributed by atoms with Gasteiger partial charge < -0.3 is 20.1 Å². The fourth-order valence-electron chi connectivity index (χ4n) is 1.80. The minimum Gasteiger partial charge on any atom is -0.478 e. The van der Waals surface area contributed by atoms with Crippen LogP contribution in [0.5, 0.6) is 5.88 Å². The van der Waals surface area contributed by atoms with Crippen LogP contribution in [0.1, 0.15) is 46.4 Å². The average Bonchev–Trinajstić information content (AvgIpc) is 2.47. The molecule has 0 saturated carbocycles. The van der Waals surface area contributed by atoms with Crippen LogP contribution in [0, 0.1) is 0 Å². The van der Waals surface area contributed by atoms with Gasteiger partial charge in [0.05, 0.1) is 5.56 Å². The number of nitrogens with zero attached hydrogens (tertiary/aromatic N) is 1. The van der Waals surface area contributed by atoms with Gasteiger partial charge in [0.1, 0.15) is 11.7 Å². The van der Waals surface area contributed by atoms with Gasteiger partial charge >= 0.3 is 11.9 Å². The number of carboxylic acids is 2. The maximum atomic E-state index is 11.0. The van der Waals surface area contributed by atoms with Crippen LogP contribution in [0.15, 0.2) is 6.07 Å². The lowest BCUT2D eigenvalue weighted by molar-refractivity contribution is -0.00116. The maximum Gasteiger partial charge on any atom is 0.355 e. The second-order valence-corrected chi connectivity index (χ2v) is 4.50. The molecule has 1 aliphatic rings. The Labute approximate surface area is 102 Å². The number of pyridine rings is 1. The first-order valence-corrected chi connectivity index (χ1v) is 5.12. The Morgan fingerprint density at radius 2 is 1.94 bits per heavy atom. The Balaban J connectivity index is 2.65. The fraction of sp³-hybridized carbons (Fsp3) is 0.364. The van der Waals surface area contributed by atoms with E-state index in [9.17, 15) is 14.7 Å². The second kappa shape index (κ2) is 3.67. The van der Waals surface area contributed by atoms with Crippen LogP contribution >= 0.6 is 0 Å². The van der Waals surface area contributed by atoms with Gasteiger partial charge in [-0.3, -0.25) is 0 Å². The molecule has 7 heteroatoms. The van der Waals surface area contributed by atoms with E-state index in [1.807, 2.05) is 0 Å². The lowest BCUT2D eigenvalue weighted by atomic mass is 9.97. The highest BCUT2D eigenvalue weighted by molar-refractivity contribution is 6.00. The highest BCUT2D eigenvalue weighted by Gasteiger charge is 2.42. The Morgan fingerprint density at radius 1 is 1.33 bits per heavy atom. The van der Waals surface area contributed by atoms with E-state index in [1.54, 1.807) is 13.8 Å². The van der Waals surface area contributed by atoms with Crippen molar-refractivity contribution in [2.24, 2.45) is 0 Å². The molecule has 1 aliphatic heterocycles. The molecule has 2 rings (SSSR count). The Morgan fingerprint density at radius 3 is 2.44 bits per heavy atom. The average molecular weight is 253 g/mol. The molecule has 1 aromatic heterocycles. The zero-order valence-electron chi connectivity index (χ0n) is 9.67. The molecule has 0 bridgehead atoms. The van der Waals surface area contributed by atoms with E-state index in [-0.39, 0.29) is 11.4 Å². The van der Waals surface area contributed by atoms with Crippen molar-refractivity contribution in [3.8, 4) is 5.88 Å². The number of aromatic nitrogens is 1. The smallest absolute Gasteiger partial charge is 0.355 e. The number of ether oxygens (including phenoxy) is 1. The molecule has 3 N–H and O–H groups in total. The Kier molecular flexibility index (Phi) is 2.51. The summed E-state index contributed by atoms with van der Waals surface area (Å²) in [7, 11) is 0. The molecule has 0 amide bonds. The minimum absolute atomic E-state index is 0.0464. The lowest BCUT2D eigenvalue weighted by Crippen LogP contribution is -2.29. The molecule has 96 valence electrons. The van der Waals surface area contributed by atoms with Gasteiger partial charge in [-0.05, 0) is 19.9 Å². The van der Waals surface area contributed by atoms with Crippen LogP contribution in [0.2, 0.25) is 0 Å². The first-order chi connectivity index (χ1) is 8.24. The Hall–Kier alpha value is -2.15. The number of aliphatic hydroxyl groups excluding tert-OH is 1. The van der Waals surface area contributed by atoms with Crippen molar-refractivity contribution in [1.29, 1.82) is 0 Å². The standard InChI is InChI=1S/C11H11NO6/c1-11(2)7(13)5-3-4(9(14)15)6(10(16)17)12-8(5)18-11/h3,7,13H,1-2H3,(H,14,15)(H,16,17). The summed E-state index contributed by atoms with van der Waals surface area (Å²) in [5, 5.41) is 27.8. The van der Waals surface area contributed by atoms with Gasteiger partial charge in [-0.2, -0.15) is 0 Å². The summed E-state index contributed by atoms with van der Waals surface area (Å²) in [5.74, 6) is -2.92. The van der Waals surface area contributed by atoms with E-state index in [2.05, 4.69) is 4.98 Å². The molecular weight excluding hydrogens is 242 g/mol. The van der Waals surface area contributed by atoms with Crippen molar-refractivity contribution < 1.29 is 29.6 Å². The van der Waals surface area contributed by atoms with Gasteiger partial charge in [-0.15, -0.1) is 0 Å². The second-order valence-electron chi connectivity index (χ2n) is 4.50. The third-order valence-electron chi connectivity index (χ3n) is 2.76. The topological polar surface area (TPSA) is 117 Å². The largest absolute Gasteiger partial charge is 0.478 e. The van der Waals surface area contributed by atoms with Gasteiger partial charge in [0.15, 0.2) is 5.69 Å². The number of hydrogen-bond donors (Lipinski definition) is 3. The number of carboxylic acid groups (broad SMARTS) is 2. The van der Waals surface area contributed by atoms with E-state index in [0.717, 1.165) is 6.07 Å². The SMILES string of the molecule is CC1(C)Oc2nc(C(=O)O)c(C(=O)O)cc2C1O. The van der Waals surface area contributed by atoms with E-state index >= 15 is 0 Å². The summed E-state index contributed by atoms with van der Waals surface area (Å²) in [6, 6.07) is 1.09. The van der Waals surface area contributed by atoms with Crippen LogP contribution in [-0.2, 0) is 0 Å². The highest BCUT2D eigenvalue weighted by Crippen LogP contribution is 2.42. The number of fused-ring (bicyclic) bond motifs is 1. The van der Waals surface area contributed by atoms with E-state index in [4.69, 9.17) is 14.9 Å². The number of rotatable bonds is 2. The predicted molar refractivity (Wildman–Crippen MR) is 57.8 cm³/mol. The molecule has 0 fully saturated rings. The van der Waals surface area contributed by atoms with E-state index in [0.29, 0.717) is 0 Å². The van der Waals surface area contributed by atoms with Crippen molar-refractivity contribution in [3.63, 3.8) is 0 Å². The number of aliphatic hydroxyl groups is 1. The van der Waals surface area contributed by atoms with Crippen molar-refractivity contribution >= 4 is 11.9 Å². The van der Waals surface area contributed by atoms with Gasteiger partial charge in [0, 0.05) is 5.56 Å². The molecule has 0 aromatic carbocycles. The summed E-state index contributed by atoms with van der Waals surface area (Å²) in [4.78, 5) is 25.6. The molecule has 1 unspecified atom stereocenters. The predicted octanol–water partition coefficient (Wildman–Crippen LogP) is 0.682. The first-order valence-electron chi connectivity index (χ1n) is 5.12. The normalized spacial score (nSPS) is 20.1. The summed E-state index contributed by atoms with van der Waals surface area (Å²) in [6.45, 7) is 3.19. The Bertz CT molecular complexity index is 551. The van der Waals surface area contributed by atoms with Gasteiger partial charge in [0.25, 0.3) is 0 Å². The molecule has 0 radical (unpaired) electrons. The van der Waals surface area contributed by atoms with Crippen LogP contribution < -0.4 is 4.74 Å². The summed E-state index contributed by atoms with van der Waals surface area (Å²) in [5.41, 5.74) is -1.86. The quantitative estimate of drug-likeness (QED) is 0.709. The zero-order chi connectivity index (χ0) is 13.7. The monoisotopic (exact) mass is 253 g/mol. The van der Waals surface area contributed by atoms with Crippen molar-refractivity contribution in [2.45, 2.75) is 25.6 Å². The third-order valence-corrected chi connectivity index (χ3v) is 2.76. The molecule has 1 atom stereocenters. The first kappa shape index (κ1) is 12.3. The molecule has 0 spiro atoms. The molecule has 0 saturated heterocycles. The molecule has 2 heterocycles. The minimum atomic E-state index is -1.46. The van der Waals surface area contributed by atoms with Crippen molar-refractivity contribution in [1.82, 2.24) is 4.98 Å². The maximum absolute atomic E-state index is 11.0. The lowest BCUT2D eigenvalue weighted by Gasteiger charge is -2.21. The summed E-state index contributed by atoms with van der Waals surface area (Å²) < 4.78 is 5.31. The van der Waals surface area contributed by atoms with Gasteiger partial charge in [-0.25, -0.2) is 14.6 Å². The summed E-state index contributed by atoms with van der Waals surface area (Å²) >= 11 is 0. The van der Waals surface area contributed by atoms with Gasteiger partial charge in [-0.1, -0.05) is 0 Å². The molecule has 0 aliphatic carbocycles. The molecule has 18 heavy (non-hydrogen) atoms. The molecular formula is C11H11NO6. The number of hydrogen-bond acceptors (Lipinski definition) is 5. The molecule has 1 aromatic rings.